The zero-order valence-electron chi connectivity index (χ0n) is 17.3. The van der Waals surface area contributed by atoms with Crippen molar-refractivity contribution in [3.63, 3.8) is 0 Å². The summed E-state index contributed by atoms with van der Waals surface area (Å²) in [6.45, 7) is 3.82. The van der Waals surface area contributed by atoms with E-state index in [9.17, 15) is 13.2 Å². The molecule has 0 radical (unpaired) electrons. The second-order valence-electron chi connectivity index (χ2n) is 7.65. The van der Waals surface area contributed by atoms with Gasteiger partial charge in [-0.3, -0.25) is 9.52 Å². The van der Waals surface area contributed by atoms with E-state index in [4.69, 9.17) is 0 Å². The normalized spacial score (nSPS) is 13.8. The molecule has 1 heterocycles. The number of hydrogen-bond donors (Lipinski definition) is 2. The van der Waals surface area contributed by atoms with Crippen LogP contribution in [0.3, 0.4) is 0 Å². The molecular formula is C24H25N3O3S. The molecule has 2 N–H and O–H groups in total. The molecule has 1 amide bonds. The topological polar surface area (TPSA) is 78.5 Å². The number of carbonyl (C=O) groups is 1. The zero-order chi connectivity index (χ0) is 21.8. The van der Waals surface area contributed by atoms with Crippen molar-refractivity contribution in [1.29, 1.82) is 0 Å². The molecule has 0 saturated carbocycles. The number of amides is 1. The minimum atomic E-state index is -3.82. The molecule has 0 aliphatic carbocycles. The van der Waals surface area contributed by atoms with Crippen LogP contribution in [-0.2, 0) is 10.0 Å². The number of anilines is 3. The first-order valence-electron chi connectivity index (χ1n) is 10.3. The second kappa shape index (κ2) is 8.81. The highest BCUT2D eigenvalue weighted by atomic mass is 32.2. The maximum Gasteiger partial charge on any atom is 0.262 e. The number of para-hydroxylation sites is 1. The summed E-state index contributed by atoms with van der Waals surface area (Å²) in [5.41, 5.74) is 3.12. The molecule has 0 spiro atoms. The minimum absolute atomic E-state index is 0.0772. The van der Waals surface area contributed by atoms with Gasteiger partial charge in [-0.05, 0) is 73.9 Å². The number of nitrogens with one attached hydrogen (secondary N) is 2. The van der Waals surface area contributed by atoms with E-state index in [2.05, 4.69) is 14.9 Å². The van der Waals surface area contributed by atoms with Gasteiger partial charge in [-0.25, -0.2) is 8.42 Å². The molecule has 6 nitrogen and oxygen atoms in total. The first-order valence-corrected chi connectivity index (χ1v) is 11.8. The summed E-state index contributed by atoms with van der Waals surface area (Å²) in [6.07, 6.45) is 2.41. The van der Waals surface area contributed by atoms with Crippen molar-refractivity contribution >= 4 is 33.0 Å². The Hall–Kier alpha value is -3.32. The van der Waals surface area contributed by atoms with E-state index in [0.717, 1.165) is 18.8 Å². The Kier molecular flexibility index (Phi) is 5.95. The van der Waals surface area contributed by atoms with E-state index in [-0.39, 0.29) is 16.4 Å². The van der Waals surface area contributed by atoms with Gasteiger partial charge in [0, 0.05) is 35.7 Å². The molecule has 0 aromatic heterocycles. The maximum absolute atomic E-state index is 12.9. The van der Waals surface area contributed by atoms with Gasteiger partial charge in [-0.2, -0.15) is 0 Å². The highest BCUT2D eigenvalue weighted by Gasteiger charge is 2.20. The number of hydrogen-bond acceptors (Lipinski definition) is 4. The largest absolute Gasteiger partial charge is 0.372 e. The van der Waals surface area contributed by atoms with Gasteiger partial charge in [0.05, 0.1) is 4.90 Å². The van der Waals surface area contributed by atoms with Gasteiger partial charge in [0.1, 0.15) is 0 Å². The summed E-state index contributed by atoms with van der Waals surface area (Å²) in [4.78, 5) is 15.2. The monoisotopic (exact) mass is 435 g/mol. The highest BCUT2D eigenvalue weighted by molar-refractivity contribution is 7.92. The fourth-order valence-corrected chi connectivity index (χ4v) is 5.01. The van der Waals surface area contributed by atoms with Crippen LogP contribution >= 0.6 is 0 Å². The molecule has 3 aromatic rings. The van der Waals surface area contributed by atoms with Crippen molar-refractivity contribution < 1.29 is 13.2 Å². The van der Waals surface area contributed by atoms with E-state index < -0.39 is 10.0 Å². The van der Waals surface area contributed by atoms with Crippen LogP contribution in [-0.4, -0.2) is 27.4 Å². The van der Waals surface area contributed by atoms with Crippen LogP contribution in [0.15, 0.2) is 77.7 Å². The standard InChI is InChI=1S/C24H25N3O3S/c1-18-9-10-19(17-23(18)31(29,30)26-21-7-3-2-4-8-21)24(28)25-20-11-13-22(14-12-20)27-15-5-6-16-27/h2-4,7-14,17,26H,5-6,15-16H2,1H3,(H,25,28). The first-order chi connectivity index (χ1) is 14.9. The van der Waals surface area contributed by atoms with Gasteiger partial charge < -0.3 is 10.2 Å². The van der Waals surface area contributed by atoms with E-state index in [0.29, 0.717) is 16.9 Å². The second-order valence-corrected chi connectivity index (χ2v) is 9.30. The molecule has 0 bridgehead atoms. The average Bonchev–Trinajstić information content (AvgIpc) is 3.30. The lowest BCUT2D eigenvalue weighted by molar-refractivity contribution is 0.102. The quantitative estimate of drug-likeness (QED) is 0.591. The number of aryl methyl sites for hydroxylation is 1. The van der Waals surface area contributed by atoms with E-state index >= 15 is 0 Å². The lowest BCUT2D eigenvalue weighted by Gasteiger charge is -2.18. The van der Waals surface area contributed by atoms with Gasteiger partial charge in [0.2, 0.25) is 0 Å². The number of sulfonamides is 1. The van der Waals surface area contributed by atoms with Crippen molar-refractivity contribution in [3.8, 4) is 0 Å². The Balaban J connectivity index is 1.51. The fourth-order valence-electron chi connectivity index (χ4n) is 3.68. The van der Waals surface area contributed by atoms with Crippen molar-refractivity contribution in [2.24, 2.45) is 0 Å². The van der Waals surface area contributed by atoms with Crippen LogP contribution in [0.5, 0.6) is 0 Å². The van der Waals surface area contributed by atoms with Crippen LogP contribution in [0.1, 0.15) is 28.8 Å². The summed E-state index contributed by atoms with van der Waals surface area (Å²) in [6, 6.07) is 21.1. The van der Waals surface area contributed by atoms with Crippen LogP contribution in [0, 0.1) is 6.92 Å². The Morgan fingerprint density at radius 1 is 0.871 bits per heavy atom. The third-order valence-electron chi connectivity index (χ3n) is 5.36. The summed E-state index contributed by atoms with van der Waals surface area (Å²) >= 11 is 0. The lowest BCUT2D eigenvalue weighted by atomic mass is 10.1. The molecule has 1 aliphatic heterocycles. The summed E-state index contributed by atoms with van der Waals surface area (Å²) in [7, 11) is -3.82. The van der Waals surface area contributed by atoms with Crippen molar-refractivity contribution in [2.75, 3.05) is 28.0 Å². The highest BCUT2D eigenvalue weighted by Crippen LogP contribution is 2.24. The predicted octanol–water partition coefficient (Wildman–Crippen LogP) is 4.65. The zero-order valence-corrected chi connectivity index (χ0v) is 18.2. The van der Waals surface area contributed by atoms with Gasteiger partial charge >= 0.3 is 0 Å². The molecule has 0 unspecified atom stereocenters. The third kappa shape index (κ3) is 4.88. The molecule has 1 saturated heterocycles. The maximum atomic E-state index is 12.9. The van der Waals surface area contributed by atoms with Gasteiger partial charge in [-0.15, -0.1) is 0 Å². The fraction of sp³-hybridized carbons (Fsp3) is 0.208. The Labute approximate surface area is 183 Å². The molecule has 7 heteroatoms. The smallest absolute Gasteiger partial charge is 0.262 e. The van der Waals surface area contributed by atoms with Gasteiger partial charge in [0.25, 0.3) is 15.9 Å². The van der Waals surface area contributed by atoms with E-state index in [1.807, 2.05) is 30.3 Å². The molecule has 31 heavy (non-hydrogen) atoms. The molecule has 1 aliphatic rings. The van der Waals surface area contributed by atoms with Crippen LogP contribution < -0.4 is 14.9 Å². The molecule has 1 fully saturated rings. The van der Waals surface area contributed by atoms with Crippen LogP contribution in [0.2, 0.25) is 0 Å². The SMILES string of the molecule is Cc1ccc(C(=O)Nc2ccc(N3CCCC3)cc2)cc1S(=O)(=O)Nc1ccccc1. The van der Waals surface area contributed by atoms with Gasteiger partial charge in [-0.1, -0.05) is 24.3 Å². The molecule has 4 rings (SSSR count). The molecule has 0 atom stereocenters. The summed E-state index contributed by atoms with van der Waals surface area (Å²) in [5, 5.41) is 2.85. The van der Waals surface area contributed by atoms with Crippen molar-refractivity contribution in [1.82, 2.24) is 0 Å². The number of nitrogens with zero attached hydrogens (tertiary/aromatic N) is 1. The number of rotatable bonds is 6. The Morgan fingerprint density at radius 2 is 1.55 bits per heavy atom. The molecular weight excluding hydrogens is 410 g/mol. The summed E-state index contributed by atoms with van der Waals surface area (Å²) < 4.78 is 28.3. The predicted molar refractivity (Wildman–Crippen MR) is 124 cm³/mol. The molecule has 3 aromatic carbocycles. The Morgan fingerprint density at radius 3 is 2.23 bits per heavy atom. The number of carbonyl (C=O) groups excluding carboxylic acids is 1. The van der Waals surface area contributed by atoms with Crippen LogP contribution in [0.25, 0.3) is 0 Å². The van der Waals surface area contributed by atoms with E-state index in [1.165, 1.54) is 18.9 Å². The van der Waals surface area contributed by atoms with Gasteiger partial charge in [0.15, 0.2) is 0 Å². The van der Waals surface area contributed by atoms with E-state index in [1.54, 1.807) is 43.3 Å². The van der Waals surface area contributed by atoms with Crippen LogP contribution in [0.4, 0.5) is 17.1 Å². The van der Waals surface area contributed by atoms with Crippen molar-refractivity contribution in [3.05, 3.63) is 83.9 Å². The first kappa shape index (κ1) is 20.9. The number of benzene rings is 3. The molecule has 160 valence electrons. The average molecular weight is 436 g/mol. The minimum Gasteiger partial charge on any atom is -0.372 e. The summed E-state index contributed by atoms with van der Waals surface area (Å²) in [5.74, 6) is -0.356. The Bertz CT molecular complexity index is 1170. The van der Waals surface area contributed by atoms with Crippen molar-refractivity contribution in [2.45, 2.75) is 24.7 Å². The lowest BCUT2D eigenvalue weighted by Crippen LogP contribution is -2.18. The third-order valence-corrected chi connectivity index (χ3v) is 6.89.